The highest BCUT2D eigenvalue weighted by Crippen LogP contribution is 2.31. The Kier molecular flexibility index (Phi) is 4.51. The molecule has 5 heteroatoms. The van der Waals surface area contributed by atoms with E-state index < -0.39 is 0 Å². The fourth-order valence-corrected chi connectivity index (χ4v) is 2.41. The summed E-state index contributed by atoms with van der Waals surface area (Å²) in [6, 6.07) is 12.8. The van der Waals surface area contributed by atoms with Gasteiger partial charge in [-0.05, 0) is 36.2 Å². The van der Waals surface area contributed by atoms with Gasteiger partial charge in [0.05, 0.1) is 24.6 Å². The molecule has 0 fully saturated rings. The lowest BCUT2D eigenvalue weighted by Gasteiger charge is -2.13. The smallest absolute Gasteiger partial charge is 0.259 e. The van der Waals surface area contributed by atoms with Gasteiger partial charge in [-0.1, -0.05) is 26.0 Å². The monoisotopic (exact) mass is 324 g/mol. The first-order valence-electron chi connectivity index (χ1n) is 7.88. The third kappa shape index (κ3) is 3.25. The van der Waals surface area contributed by atoms with Crippen molar-refractivity contribution in [2.75, 3.05) is 13.7 Å². The summed E-state index contributed by atoms with van der Waals surface area (Å²) in [5.74, 6) is 2.22. The molecule has 3 aromatic rings. The Labute approximate surface area is 140 Å². The van der Waals surface area contributed by atoms with Crippen LogP contribution < -0.4 is 15.0 Å². The Morgan fingerprint density at radius 3 is 2.67 bits per heavy atom. The summed E-state index contributed by atoms with van der Waals surface area (Å²) in [5, 5.41) is 0.574. The molecule has 0 spiro atoms. The van der Waals surface area contributed by atoms with Gasteiger partial charge in [-0.25, -0.2) is 4.98 Å². The number of hydrogen-bond donors (Lipinski definition) is 1. The molecule has 0 bridgehead atoms. The van der Waals surface area contributed by atoms with Crippen LogP contribution in [-0.4, -0.2) is 23.7 Å². The molecule has 3 rings (SSSR count). The fraction of sp³-hybridized carbons (Fsp3) is 0.263. The van der Waals surface area contributed by atoms with E-state index in [0.717, 1.165) is 5.56 Å². The van der Waals surface area contributed by atoms with Crippen molar-refractivity contribution in [3.05, 3.63) is 52.8 Å². The molecule has 0 unspecified atom stereocenters. The molecule has 0 aliphatic heterocycles. The van der Waals surface area contributed by atoms with Crippen LogP contribution in [0, 0.1) is 5.92 Å². The standard InChI is InChI=1S/C19H20N2O3/c1-12(2)11-24-16-9-8-13(10-17(16)23-3)18-20-15-7-5-4-6-14(15)19(22)21-18/h4-10,12H,11H2,1-3H3,(H,20,21,22). The molecule has 0 aliphatic carbocycles. The first-order chi connectivity index (χ1) is 11.6. The number of methoxy groups -OCH3 is 1. The van der Waals surface area contributed by atoms with E-state index >= 15 is 0 Å². The second-order valence-corrected chi connectivity index (χ2v) is 6.00. The van der Waals surface area contributed by atoms with Crippen LogP contribution in [0.5, 0.6) is 11.5 Å². The maximum Gasteiger partial charge on any atom is 0.259 e. The number of fused-ring (bicyclic) bond motifs is 1. The zero-order chi connectivity index (χ0) is 17.1. The lowest BCUT2D eigenvalue weighted by Crippen LogP contribution is -2.09. The van der Waals surface area contributed by atoms with E-state index in [1.807, 2.05) is 36.4 Å². The van der Waals surface area contributed by atoms with Crippen LogP contribution in [0.15, 0.2) is 47.3 Å². The molecule has 1 N–H and O–H groups in total. The number of ether oxygens (including phenoxy) is 2. The van der Waals surface area contributed by atoms with Gasteiger partial charge in [-0.3, -0.25) is 4.79 Å². The molecule has 0 aliphatic rings. The predicted molar refractivity (Wildman–Crippen MR) is 94.7 cm³/mol. The van der Waals surface area contributed by atoms with Crippen molar-refractivity contribution in [1.29, 1.82) is 0 Å². The first-order valence-corrected chi connectivity index (χ1v) is 7.88. The first kappa shape index (κ1) is 16.1. The Morgan fingerprint density at radius 2 is 1.92 bits per heavy atom. The van der Waals surface area contributed by atoms with Crippen molar-refractivity contribution in [2.45, 2.75) is 13.8 Å². The molecule has 24 heavy (non-hydrogen) atoms. The highest BCUT2D eigenvalue weighted by atomic mass is 16.5. The minimum atomic E-state index is -0.158. The van der Waals surface area contributed by atoms with Crippen LogP contribution in [0.4, 0.5) is 0 Å². The van der Waals surface area contributed by atoms with Crippen LogP contribution in [0.2, 0.25) is 0 Å². The number of H-pyrrole nitrogens is 1. The van der Waals surface area contributed by atoms with Gasteiger partial charge in [0.15, 0.2) is 11.5 Å². The number of nitrogens with one attached hydrogen (secondary N) is 1. The molecule has 0 saturated carbocycles. The van der Waals surface area contributed by atoms with Crippen LogP contribution in [0.3, 0.4) is 0 Å². The Morgan fingerprint density at radius 1 is 1.12 bits per heavy atom. The lowest BCUT2D eigenvalue weighted by atomic mass is 10.1. The molecule has 1 aromatic heterocycles. The molecule has 0 amide bonds. The third-order valence-electron chi connectivity index (χ3n) is 3.62. The second-order valence-electron chi connectivity index (χ2n) is 6.00. The van der Waals surface area contributed by atoms with Gasteiger partial charge in [0.2, 0.25) is 0 Å². The third-order valence-corrected chi connectivity index (χ3v) is 3.62. The van der Waals surface area contributed by atoms with E-state index in [0.29, 0.717) is 40.8 Å². The summed E-state index contributed by atoms with van der Waals surface area (Å²) in [7, 11) is 1.60. The van der Waals surface area contributed by atoms with Gasteiger partial charge in [-0.15, -0.1) is 0 Å². The van der Waals surface area contributed by atoms with E-state index in [1.54, 1.807) is 13.2 Å². The molecule has 0 saturated heterocycles. The molecule has 124 valence electrons. The van der Waals surface area contributed by atoms with Crippen LogP contribution in [0.25, 0.3) is 22.3 Å². The largest absolute Gasteiger partial charge is 0.493 e. The van der Waals surface area contributed by atoms with Crippen LogP contribution in [0.1, 0.15) is 13.8 Å². The van der Waals surface area contributed by atoms with Gasteiger partial charge >= 0.3 is 0 Å². The van der Waals surface area contributed by atoms with E-state index in [4.69, 9.17) is 9.47 Å². The summed E-state index contributed by atoms with van der Waals surface area (Å²) < 4.78 is 11.2. The highest BCUT2D eigenvalue weighted by Gasteiger charge is 2.11. The Hall–Kier alpha value is -2.82. The van der Waals surface area contributed by atoms with Gasteiger partial charge in [-0.2, -0.15) is 0 Å². The molecule has 5 nitrogen and oxygen atoms in total. The zero-order valence-corrected chi connectivity index (χ0v) is 14.0. The molecule has 2 aromatic carbocycles. The van der Waals surface area contributed by atoms with Crippen LogP contribution >= 0.6 is 0 Å². The normalized spacial score (nSPS) is 11.0. The zero-order valence-electron chi connectivity index (χ0n) is 14.0. The maximum absolute atomic E-state index is 12.2. The van der Waals surface area contributed by atoms with Gasteiger partial charge in [0.1, 0.15) is 5.82 Å². The molecular weight excluding hydrogens is 304 g/mol. The van der Waals surface area contributed by atoms with Crippen molar-refractivity contribution >= 4 is 10.9 Å². The topological polar surface area (TPSA) is 64.2 Å². The molecular formula is C19H20N2O3. The highest BCUT2D eigenvalue weighted by molar-refractivity contribution is 5.79. The van der Waals surface area contributed by atoms with Crippen molar-refractivity contribution in [3.8, 4) is 22.9 Å². The van der Waals surface area contributed by atoms with Crippen molar-refractivity contribution in [1.82, 2.24) is 9.97 Å². The van der Waals surface area contributed by atoms with Gasteiger partial charge < -0.3 is 14.5 Å². The summed E-state index contributed by atoms with van der Waals surface area (Å²) >= 11 is 0. The SMILES string of the molecule is COc1cc(-c2nc3ccccc3c(=O)[nH]2)ccc1OCC(C)C. The maximum atomic E-state index is 12.2. The van der Waals surface area contributed by atoms with E-state index in [1.165, 1.54) is 0 Å². The second kappa shape index (κ2) is 6.74. The number of aromatic amines is 1. The van der Waals surface area contributed by atoms with Gasteiger partial charge in [0.25, 0.3) is 5.56 Å². The Bertz CT molecular complexity index is 916. The summed E-state index contributed by atoms with van der Waals surface area (Å²) in [6.45, 7) is 4.79. The van der Waals surface area contributed by atoms with E-state index in [9.17, 15) is 4.79 Å². The minimum Gasteiger partial charge on any atom is -0.493 e. The van der Waals surface area contributed by atoms with Crippen LogP contribution in [-0.2, 0) is 0 Å². The molecule has 1 heterocycles. The number of rotatable bonds is 5. The average Bonchev–Trinajstić information content (AvgIpc) is 2.59. The summed E-state index contributed by atoms with van der Waals surface area (Å²) in [6.07, 6.45) is 0. The lowest BCUT2D eigenvalue weighted by molar-refractivity contribution is 0.257. The van der Waals surface area contributed by atoms with E-state index in [2.05, 4.69) is 23.8 Å². The average molecular weight is 324 g/mol. The number of aromatic nitrogens is 2. The van der Waals surface area contributed by atoms with Crippen molar-refractivity contribution in [3.63, 3.8) is 0 Å². The fourth-order valence-electron chi connectivity index (χ4n) is 2.41. The van der Waals surface area contributed by atoms with Crippen molar-refractivity contribution < 1.29 is 9.47 Å². The number of hydrogen-bond acceptors (Lipinski definition) is 4. The number of para-hydroxylation sites is 1. The molecule has 0 radical (unpaired) electrons. The quantitative estimate of drug-likeness (QED) is 0.778. The predicted octanol–water partition coefficient (Wildman–Crippen LogP) is 3.63. The summed E-state index contributed by atoms with van der Waals surface area (Å²) in [5.41, 5.74) is 1.27. The van der Waals surface area contributed by atoms with E-state index in [-0.39, 0.29) is 5.56 Å². The Balaban J connectivity index is 2.02. The number of nitrogens with zero attached hydrogens (tertiary/aromatic N) is 1. The summed E-state index contributed by atoms with van der Waals surface area (Å²) in [4.78, 5) is 19.6. The minimum absolute atomic E-state index is 0.158. The molecule has 0 atom stereocenters. The van der Waals surface area contributed by atoms with Gasteiger partial charge in [0, 0.05) is 5.56 Å². The van der Waals surface area contributed by atoms with Crippen molar-refractivity contribution in [2.24, 2.45) is 5.92 Å². The number of benzene rings is 2.